The predicted molar refractivity (Wildman–Crippen MR) is 155 cm³/mol. The number of aliphatic hydroxyl groups excluding tert-OH is 1. The number of anilines is 1. The van der Waals surface area contributed by atoms with Crippen molar-refractivity contribution in [3.63, 3.8) is 0 Å². The molecule has 1 aliphatic heterocycles. The minimum Gasteiger partial charge on any atom is -0.495 e. The number of piperazine rings is 1. The third-order valence-electron chi connectivity index (χ3n) is 8.57. The van der Waals surface area contributed by atoms with Crippen LogP contribution in [0.1, 0.15) is 44.9 Å². The molecular weight excluding hydrogens is 544 g/mol. The topological polar surface area (TPSA) is 130 Å². The quantitative estimate of drug-likeness (QED) is 0.413. The van der Waals surface area contributed by atoms with Crippen LogP contribution >= 0.6 is 11.3 Å². The largest absolute Gasteiger partial charge is 0.495 e. The Hall–Kier alpha value is -3.19. The minimum atomic E-state index is -0.411. The van der Waals surface area contributed by atoms with Gasteiger partial charge in [0.1, 0.15) is 12.4 Å². The summed E-state index contributed by atoms with van der Waals surface area (Å²) in [6.07, 6.45) is 7.19. The monoisotopic (exact) mass is 580 g/mol. The summed E-state index contributed by atoms with van der Waals surface area (Å²) in [5.74, 6) is 1.32. The predicted octanol–water partition coefficient (Wildman–Crippen LogP) is 3.07. The minimum absolute atomic E-state index is 0.00167. The molecule has 41 heavy (non-hydrogen) atoms. The number of ether oxygens (including phenoxy) is 2. The molecule has 11 nitrogen and oxygen atoms in total. The van der Waals surface area contributed by atoms with Crippen LogP contribution in [0.25, 0.3) is 21.3 Å². The van der Waals surface area contributed by atoms with E-state index >= 15 is 0 Å². The highest BCUT2D eigenvalue weighted by molar-refractivity contribution is 7.22. The molecule has 1 saturated heterocycles. The average molecular weight is 581 g/mol. The molecule has 6 rings (SSSR count). The van der Waals surface area contributed by atoms with E-state index in [-0.39, 0.29) is 30.4 Å². The number of methoxy groups -OCH3 is 1. The first-order valence-corrected chi connectivity index (χ1v) is 15.1. The molecule has 2 amide bonds. The second-order valence-electron chi connectivity index (χ2n) is 11.1. The zero-order valence-electron chi connectivity index (χ0n) is 23.4. The first kappa shape index (κ1) is 28.0. The summed E-state index contributed by atoms with van der Waals surface area (Å²) in [4.78, 5) is 42.4. The zero-order chi connectivity index (χ0) is 28.5. The van der Waals surface area contributed by atoms with Crippen molar-refractivity contribution in [2.45, 2.75) is 63.9 Å². The van der Waals surface area contributed by atoms with E-state index in [1.807, 2.05) is 17.0 Å². The molecule has 1 aromatic carbocycles. The van der Waals surface area contributed by atoms with Crippen molar-refractivity contribution < 1.29 is 24.2 Å². The molecule has 2 aliphatic carbocycles. The molecule has 0 bridgehead atoms. The Bertz CT molecular complexity index is 1400. The van der Waals surface area contributed by atoms with Gasteiger partial charge in [0.2, 0.25) is 11.8 Å². The highest BCUT2D eigenvalue weighted by Gasteiger charge is 2.39. The molecule has 3 fully saturated rings. The van der Waals surface area contributed by atoms with Crippen LogP contribution in [-0.4, -0.2) is 93.2 Å². The fraction of sp³-hybridized carbons (Fsp3) is 0.552. The summed E-state index contributed by atoms with van der Waals surface area (Å²) in [7, 11) is 1.62. The standard InChI is InChI=1S/C29H36N6O5S/c1-17(36)34-8-10-35(11-9-34)20-12-18(13-20)28(38)33-29-32-22-7-6-21(26(39-2)27(22)41-29)19-14-30-25(31-15-19)16-40-24-5-3-4-23(24)37/h6-7,14-15,18,20,23-24,37H,3-5,8-13,16H2,1-2H3,(H,32,33,38)/t18?,20?,23-,24-/m0/s1. The first-order chi connectivity index (χ1) is 19.9. The van der Waals surface area contributed by atoms with Gasteiger partial charge in [-0.3, -0.25) is 14.5 Å². The van der Waals surface area contributed by atoms with Crippen molar-refractivity contribution in [3.05, 3.63) is 30.4 Å². The van der Waals surface area contributed by atoms with Crippen molar-refractivity contribution in [2.75, 3.05) is 38.6 Å². The third-order valence-corrected chi connectivity index (χ3v) is 9.55. The van der Waals surface area contributed by atoms with Gasteiger partial charge in [0.25, 0.3) is 0 Å². The SMILES string of the molecule is COc1c(-c2cnc(CO[C@H]3CCC[C@@H]3O)nc2)ccc2nc(NC(=O)C3CC(N4CCN(C(C)=O)CC4)C3)sc12. The summed E-state index contributed by atoms with van der Waals surface area (Å²) < 4.78 is 12.4. The van der Waals surface area contributed by atoms with Crippen molar-refractivity contribution in [2.24, 2.45) is 5.92 Å². The van der Waals surface area contributed by atoms with E-state index < -0.39 is 6.10 Å². The molecule has 12 heteroatoms. The molecule has 3 aromatic rings. The van der Waals surface area contributed by atoms with Crippen LogP contribution in [0.3, 0.4) is 0 Å². The van der Waals surface area contributed by atoms with Gasteiger partial charge in [-0.25, -0.2) is 15.0 Å². The van der Waals surface area contributed by atoms with Crippen LogP contribution in [0.4, 0.5) is 5.13 Å². The van der Waals surface area contributed by atoms with Gasteiger partial charge in [-0.1, -0.05) is 11.3 Å². The number of hydrogen-bond donors (Lipinski definition) is 2. The van der Waals surface area contributed by atoms with Gasteiger partial charge < -0.3 is 24.8 Å². The number of amides is 2. The number of thiazole rings is 1. The van der Waals surface area contributed by atoms with E-state index in [9.17, 15) is 14.7 Å². The summed E-state index contributed by atoms with van der Waals surface area (Å²) in [6, 6.07) is 4.24. The Morgan fingerprint density at radius 3 is 2.54 bits per heavy atom. The highest BCUT2D eigenvalue weighted by Crippen LogP contribution is 2.41. The molecular formula is C29H36N6O5S. The van der Waals surface area contributed by atoms with Crippen molar-refractivity contribution in [1.29, 1.82) is 0 Å². The Kier molecular flexibility index (Phi) is 8.16. The maximum absolute atomic E-state index is 13.0. The van der Waals surface area contributed by atoms with E-state index in [4.69, 9.17) is 9.47 Å². The molecule has 0 spiro atoms. The van der Waals surface area contributed by atoms with Crippen LogP contribution in [0.5, 0.6) is 5.75 Å². The Morgan fingerprint density at radius 1 is 1.12 bits per heavy atom. The lowest BCUT2D eigenvalue weighted by Crippen LogP contribution is -2.56. The maximum atomic E-state index is 13.0. The lowest BCUT2D eigenvalue weighted by molar-refractivity contribution is -0.131. The summed E-state index contributed by atoms with van der Waals surface area (Å²) in [5.41, 5.74) is 2.39. The molecule has 2 atom stereocenters. The average Bonchev–Trinajstić information content (AvgIpc) is 3.56. The fourth-order valence-corrected chi connectivity index (χ4v) is 7.00. The van der Waals surface area contributed by atoms with Crippen LogP contribution < -0.4 is 10.1 Å². The van der Waals surface area contributed by atoms with Crippen molar-refractivity contribution in [1.82, 2.24) is 24.8 Å². The van der Waals surface area contributed by atoms with Crippen LogP contribution in [0, 0.1) is 5.92 Å². The lowest BCUT2D eigenvalue weighted by atomic mass is 9.78. The molecule has 3 aliphatic rings. The highest BCUT2D eigenvalue weighted by atomic mass is 32.1. The second kappa shape index (κ2) is 12.0. The number of benzene rings is 1. The maximum Gasteiger partial charge on any atom is 0.229 e. The van der Waals surface area contributed by atoms with E-state index in [1.165, 1.54) is 11.3 Å². The molecule has 3 heterocycles. The summed E-state index contributed by atoms with van der Waals surface area (Å²) >= 11 is 1.39. The van der Waals surface area contributed by atoms with E-state index in [0.717, 1.165) is 79.6 Å². The number of aliphatic hydroxyl groups is 1. The van der Waals surface area contributed by atoms with Gasteiger partial charge in [-0.05, 0) is 44.2 Å². The normalized spacial score (nSPS) is 24.8. The van der Waals surface area contributed by atoms with Crippen LogP contribution in [0.2, 0.25) is 0 Å². The number of aromatic nitrogens is 3. The number of carbonyl (C=O) groups excluding carboxylic acids is 2. The third kappa shape index (κ3) is 5.92. The number of fused-ring (bicyclic) bond motifs is 1. The number of carbonyl (C=O) groups is 2. The summed E-state index contributed by atoms with van der Waals surface area (Å²) in [5, 5.41) is 13.5. The fourth-order valence-electron chi connectivity index (χ4n) is 6.01. The van der Waals surface area contributed by atoms with E-state index in [1.54, 1.807) is 26.4 Å². The Morgan fingerprint density at radius 2 is 1.88 bits per heavy atom. The van der Waals surface area contributed by atoms with Gasteiger partial charge in [-0.15, -0.1) is 0 Å². The molecule has 0 unspecified atom stereocenters. The van der Waals surface area contributed by atoms with E-state index in [2.05, 4.69) is 25.2 Å². The second-order valence-corrected chi connectivity index (χ2v) is 12.1. The van der Waals surface area contributed by atoms with Crippen LogP contribution in [0.15, 0.2) is 24.5 Å². The Labute approximate surface area is 242 Å². The van der Waals surface area contributed by atoms with Gasteiger partial charge in [0.05, 0.1) is 29.5 Å². The Balaban J connectivity index is 1.07. The molecule has 2 saturated carbocycles. The smallest absolute Gasteiger partial charge is 0.229 e. The van der Waals surface area contributed by atoms with Gasteiger partial charge in [-0.2, -0.15) is 0 Å². The van der Waals surface area contributed by atoms with Gasteiger partial charge in [0, 0.05) is 68.6 Å². The number of rotatable bonds is 8. The van der Waals surface area contributed by atoms with Gasteiger partial charge >= 0.3 is 0 Å². The number of nitrogens with zero attached hydrogens (tertiary/aromatic N) is 5. The lowest BCUT2D eigenvalue weighted by Gasteiger charge is -2.45. The molecule has 0 radical (unpaired) electrons. The molecule has 2 N–H and O–H groups in total. The number of nitrogens with one attached hydrogen (secondary N) is 1. The first-order valence-electron chi connectivity index (χ1n) is 14.3. The molecule has 218 valence electrons. The number of hydrogen-bond acceptors (Lipinski definition) is 10. The molecule has 2 aromatic heterocycles. The zero-order valence-corrected chi connectivity index (χ0v) is 24.2. The van der Waals surface area contributed by atoms with E-state index in [0.29, 0.717) is 22.7 Å². The van der Waals surface area contributed by atoms with Crippen molar-refractivity contribution in [3.8, 4) is 16.9 Å². The summed E-state index contributed by atoms with van der Waals surface area (Å²) in [6.45, 7) is 5.12. The van der Waals surface area contributed by atoms with Crippen molar-refractivity contribution >= 4 is 38.5 Å². The van der Waals surface area contributed by atoms with Gasteiger partial charge in [0.15, 0.2) is 11.0 Å². The van der Waals surface area contributed by atoms with Crippen LogP contribution in [-0.2, 0) is 20.9 Å².